The van der Waals surface area contributed by atoms with Gasteiger partial charge in [-0.25, -0.2) is 4.79 Å². The average molecular weight is 293 g/mol. The molecule has 7 heteroatoms. The Morgan fingerprint density at radius 2 is 1.95 bits per heavy atom. The summed E-state index contributed by atoms with van der Waals surface area (Å²) in [5, 5.41) is 20.7. The number of phenols is 1. The number of aromatic hydroxyl groups is 1. The molecule has 1 aromatic carbocycles. The summed E-state index contributed by atoms with van der Waals surface area (Å²) in [6.07, 6.45) is 1.26. The van der Waals surface area contributed by atoms with E-state index in [9.17, 15) is 19.8 Å². The first-order valence-electron chi connectivity index (χ1n) is 6.32. The molecule has 1 aliphatic heterocycles. The lowest BCUT2D eigenvalue weighted by Crippen LogP contribution is -2.43. The molecule has 0 bridgehead atoms. The maximum absolute atomic E-state index is 11.9. The number of carbonyl (C=O) groups excluding carboxylic acids is 1. The van der Waals surface area contributed by atoms with Crippen LogP contribution in [0, 0.1) is 0 Å². The standard InChI is InChI=1S/C14H15NO6/c16-10-3-1-9(2-4-10)7-11(14(18)19)15-13(17)12-8-20-5-6-21-12/h1-4,8,11,16H,5-7H2,(H,15,17)(H,18,19). The van der Waals surface area contributed by atoms with Crippen molar-refractivity contribution >= 4 is 11.9 Å². The van der Waals surface area contributed by atoms with E-state index in [1.54, 1.807) is 12.1 Å². The van der Waals surface area contributed by atoms with Gasteiger partial charge in [-0.05, 0) is 17.7 Å². The first-order chi connectivity index (χ1) is 10.1. The maximum Gasteiger partial charge on any atom is 0.326 e. The van der Waals surface area contributed by atoms with Crippen LogP contribution in [0.1, 0.15) is 5.56 Å². The Bertz CT molecular complexity index is 551. The molecule has 1 atom stereocenters. The SMILES string of the molecule is O=C(NC(Cc1ccc(O)cc1)C(=O)O)C1=COCCO1. The van der Waals surface area contributed by atoms with Crippen molar-refractivity contribution in [1.82, 2.24) is 5.32 Å². The van der Waals surface area contributed by atoms with Gasteiger partial charge in [0.05, 0.1) is 0 Å². The van der Waals surface area contributed by atoms with Crippen molar-refractivity contribution in [3.05, 3.63) is 41.9 Å². The van der Waals surface area contributed by atoms with Gasteiger partial charge in [-0.3, -0.25) is 4.79 Å². The van der Waals surface area contributed by atoms with Crippen LogP contribution in [0.3, 0.4) is 0 Å². The predicted octanol–water partition coefficient (Wildman–Crippen LogP) is 0.392. The van der Waals surface area contributed by atoms with Crippen molar-refractivity contribution in [3.8, 4) is 5.75 Å². The molecule has 1 aliphatic rings. The van der Waals surface area contributed by atoms with E-state index in [-0.39, 0.29) is 24.5 Å². The van der Waals surface area contributed by atoms with E-state index in [0.29, 0.717) is 12.2 Å². The fourth-order valence-electron chi connectivity index (χ4n) is 1.78. The molecule has 0 aliphatic carbocycles. The first kappa shape index (κ1) is 14.7. The van der Waals surface area contributed by atoms with Gasteiger partial charge in [0, 0.05) is 6.42 Å². The van der Waals surface area contributed by atoms with Gasteiger partial charge < -0.3 is 25.0 Å². The van der Waals surface area contributed by atoms with Crippen LogP contribution in [-0.4, -0.2) is 41.3 Å². The number of ether oxygens (including phenoxy) is 2. The Balaban J connectivity index is 2.02. The van der Waals surface area contributed by atoms with Crippen molar-refractivity contribution in [2.24, 2.45) is 0 Å². The molecular formula is C14H15NO6. The summed E-state index contributed by atoms with van der Waals surface area (Å²) in [4.78, 5) is 23.1. The highest BCUT2D eigenvalue weighted by molar-refractivity contribution is 5.94. The summed E-state index contributed by atoms with van der Waals surface area (Å²) in [6, 6.07) is 5.00. The molecule has 0 aromatic heterocycles. The Labute approximate surface area is 120 Å². The van der Waals surface area contributed by atoms with Crippen LogP contribution >= 0.6 is 0 Å². The summed E-state index contributed by atoms with van der Waals surface area (Å²) in [5.41, 5.74) is 0.676. The normalized spacial score (nSPS) is 15.1. The minimum Gasteiger partial charge on any atom is -0.508 e. The number of hydrogen-bond donors (Lipinski definition) is 3. The smallest absolute Gasteiger partial charge is 0.326 e. The molecule has 0 radical (unpaired) electrons. The van der Waals surface area contributed by atoms with Crippen molar-refractivity contribution in [2.45, 2.75) is 12.5 Å². The van der Waals surface area contributed by atoms with Gasteiger partial charge in [-0.1, -0.05) is 12.1 Å². The Morgan fingerprint density at radius 1 is 1.24 bits per heavy atom. The molecule has 21 heavy (non-hydrogen) atoms. The number of amides is 1. The van der Waals surface area contributed by atoms with E-state index in [0.717, 1.165) is 6.26 Å². The number of benzene rings is 1. The largest absolute Gasteiger partial charge is 0.508 e. The quantitative estimate of drug-likeness (QED) is 0.725. The number of aliphatic carboxylic acids is 1. The van der Waals surface area contributed by atoms with E-state index < -0.39 is 17.9 Å². The summed E-state index contributed by atoms with van der Waals surface area (Å²) >= 11 is 0. The predicted molar refractivity (Wildman–Crippen MR) is 71.4 cm³/mol. The van der Waals surface area contributed by atoms with E-state index in [2.05, 4.69) is 5.32 Å². The third-order valence-corrected chi connectivity index (χ3v) is 2.85. The van der Waals surface area contributed by atoms with E-state index >= 15 is 0 Å². The molecule has 0 saturated carbocycles. The number of carboxylic acids is 1. The zero-order chi connectivity index (χ0) is 15.2. The third-order valence-electron chi connectivity index (χ3n) is 2.85. The van der Waals surface area contributed by atoms with E-state index in [1.165, 1.54) is 12.1 Å². The molecule has 1 amide bonds. The molecule has 3 N–H and O–H groups in total. The van der Waals surface area contributed by atoms with Gasteiger partial charge >= 0.3 is 5.97 Å². The second kappa shape index (κ2) is 6.65. The van der Waals surface area contributed by atoms with Crippen LogP contribution in [0.4, 0.5) is 0 Å². The molecule has 0 saturated heterocycles. The molecule has 112 valence electrons. The highest BCUT2D eigenvalue weighted by Crippen LogP contribution is 2.12. The van der Waals surface area contributed by atoms with Crippen LogP contribution in [0.5, 0.6) is 5.75 Å². The summed E-state index contributed by atoms with van der Waals surface area (Å²) in [5.74, 6) is -1.75. The molecule has 0 spiro atoms. The number of carboxylic acid groups (broad SMARTS) is 1. The molecule has 2 rings (SSSR count). The summed E-state index contributed by atoms with van der Waals surface area (Å²) in [6.45, 7) is 0.599. The van der Waals surface area contributed by atoms with E-state index in [4.69, 9.17) is 9.47 Å². The van der Waals surface area contributed by atoms with Gasteiger partial charge in [0.25, 0.3) is 5.91 Å². The fourth-order valence-corrected chi connectivity index (χ4v) is 1.78. The zero-order valence-electron chi connectivity index (χ0n) is 11.1. The zero-order valence-corrected chi connectivity index (χ0v) is 11.1. The number of carbonyl (C=O) groups is 2. The van der Waals surface area contributed by atoms with Crippen LogP contribution < -0.4 is 5.32 Å². The van der Waals surface area contributed by atoms with Crippen LogP contribution in [-0.2, 0) is 25.5 Å². The maximum atomic E-state index is 11.9. The van der Waals surface area contributed by atoms with Crippen molar-refractivity contribution in [3.63, 3.8) is 0 Å². The van der Waals surface area contributed by atoms with Gasteiger partial charge in [0.2, 0.25) is 5.76 Å². The highest BCUT2D eigenvalue weighted by atomic mass is 16.6. The summed E-state index contributed by atoms with van der Waals surface area (Å²) < 4.78 is 10.0. The van der Waals surface area contributed by atoms with Crippen molar-refractivity contribution in [2.75, 3.05) is 13.2 Å². The minimum atomic E-state index is -1.16. The Kier molecular flexibility index (Phi) is 4.65. The number of hydrogen-bond acceptors (Lipinski definition) is 5. The number of phenolic OH excluding ortho intramolecular Hbond substituents is 1. The van der Waals surface area contributed by atoms with Gasteiger partial charge in [0.15, 0.2) is 0 Å². The lowest BCUT2D eigenvalue weighted by atomic mass is 10.1. The molecule has 1 aromatic rings. The summed E-state index contributed by atoms with van der Waals surface area (Å²) in [7, 11) is 0. The second-order valence-electron chi connectivity index (χ2n) is 4.44. The van der Waals surface area contributed by atoms with Crippen molar-refractivity contribution in [1.29, 1.82) is 0 Å². The lowest BCUT2D eigenvalue weighted by Gasteiger charge is -2.18. The Hall–Kier alpha value is -2.70. The second-order valence-corrected chi connectivity index (χ2v) is 4.44. The molecule has 1 heterocycles. The third kappa shape index (κ3) is 4.13. The molecular weight excluding hydrogens is 278 g/mol. The van der Waals surface area contributed by atoms with Gasteiger partial charge in [-0.2, -0.15) is 0 Å². The molecule has 1 unspecified atom stereocenters. The van der Waals surface area contributed by atoms with Gasteiger partial charge in [0.1, 0.15) is 31.3 Å². The molecule has 0 fully saturated rings. The molecule has 7 nitrogen and oxygen atoms in total. The number of nitrogens with one attached hydrogen (secondary N) is 1. The van der Waals surface area contributed by atoms with Crippen LogP contribution in [0.25, 0.3) is 0 Å². The fraction of sp³-hybridized carbons (Fsp3) is 0.286. The topological polar surface area (TPSA) is 105 Å². The lowest BCUT2D eigenvalue weighted by molar-refractivity contribution is -0.141. The van der Waals surface area contributed by atoms with E-state index in [1.807, 2.05) is 0 Å². The average Bonchev–Trinajstić information content (AvgIpc) is 2.49. The van der Waals surface area contributed by atoms with Crippen LogP contribution in [0.2, 0.25) is 0 Å². The minimum absolute atomic E-state index is 0.0433. The Morgan fingerprint density at radius 3 is 2.52 bits per heavy atom. The van der Waals surface area contributed by atoms with Gasteiger partial charge in [-0.15, -0.1) is 0 Å². The van der Waals surface area contributed by atoms with Crippen LogP contribution in [0.15, 0.2) is 36.3 Å². The first-order valence-corrected chi connectivity index (χ1v) is 6.32. The van der Waals surface area contributed by atoms with Crippen molar-refractivity contribution < 1.29 is 29.3 Å². The monoisotopic (exact) mass is 293 g/mol. The highest BCUT2D eigenvalue weighted by Gasteiger charge is 2.24. The number of rotatable bonds is 5.